The molecular weight excluding hydrogens is 198 g/mol. The van der Waals surface area contributed by atoms with Gasteiger partial charge in [-0.05, 0) is 25.1 Å². The predicted molar refractivity (Wildman–Crippen MR) is 43.9 cm³/mol. The molecular formula is C9H9F4N. The van der Waals surface area contributed by atoms with Crippen LogP contribution in [-0.2, 0) is 5.92 Å². The molecule has 0 aliphatic heterocycles. The molecule has 1 aromatic carbocycles. The van der Waals surface area contributed by atoms with Gasteiger partial charge in [0.1, 0.15) is 11.6 Å². The monoisotopic (exact) mass is 207 g/mol. The molecule has 0 bridgehead atoms. The average Bonchev–Trinajstić information content (AvgIpc) is 2.08. The first-order chi connectivity index (χ1) is 6.35. The van der Waals surface area contributed by atoms with Crippen LogP contribution in [0.25, 0.3) is 0 Å². The van der Waals surface area contributed by atoms with E-state index in [1.807, 2.05) is 0 Å². The largest absolute Gasteiger partial charge is 0.323 e. The molecule has 1 nitrogen and oxygen atoms in total. The SMILES string of the molecule is CC(N)C(F)(F)c1cc(F)ccc1F. The third-order valence-electron chi connectivity index (χ3n) is 1.86. The van der Waals surface area contributed by atoms with E-state index in [9.17, 15) is 17.6 Å². The number of nitrogens with two attached hydrogens (primary N) is 1. The second-order valence-corrected chi connectivity index (χ2v) is 3.04. The van der Waals surface area contributed by atoms with E-state index < -0.39 is 29.2 Å². The molecule has 0 saturated carbocycles. The number of hydrogen-bond donors (Lipinski definition) is 1. The highest BCUT2D eigenvalue weighted by Gasteiger charge is 2.39. The standard InChI is InChI=1S/C9H9F4N/c1-5(14)9(12,13)7-4-6(10)2-3-8(7)11/h2-5H,14H2,1H3. The van der Waals surface area contributed by atoms with Gasteiger partial charge < -0.3 is 5.73 Å². The Hall–Kier alpha value is -1.10. The summed E-state index contributed by atoms with van der Waals surface area (Å²) in [5, 5.41) is 0. The fraction of sp³-hybridized carbons (Fsp3) is 0.333. The zero-order chi connectivity index (χ0) is 10.9. The highest BCUT2D eigenvalue weighted by molar-refractivity contribution is 5.24. The van der Waals surface area contributed by atoms with Crippen molar-refractivity contribution < 1.29 is 17.6 Å². The molecule has 1 unspecified atom stereocenters. The van der Waals surface area contributed by atoms with E-state index in [1.54, 1.807) is 0 Å². The van der Waals surface area contributed by atoms with E-state index in [2.05, 4.69) is 0 Å². The summed E-state index contributed by atoms with van der Waals surface area (Å²) < 4.78 is 51.9. The third-order valence-corrected chi connectivity index (χ3v) is 1.86. The minimum absolute atomic E-state index is 0.457. The van der Waals surface area contributed by atoms with E-state index >= 15 is 0 Å². The van der Waals surface area contributed by atoms with Crippen molar-refractivity contribution in [3.8, 4) is 0 Å². The van der Waals surface area contributed by atoms with Crippen molar-refractivity contribution in [2.45, 2.75) is 18.9 Å². The lowest BCUT2D eigenvalue weighted by molar-refractivity contribution is -0.0291. The van der Waals surface area contributed by atoms with Crippen LogP contribution in [0.5, 0.6) is 0 Å². The van der Waals surface area contributed by atoms with Gasteiger partial charge in [-0.15, -0.1) is 0 Å². The smallest absolute Gasteiger partial charge is 0.290 e. The number of rotatable bonds is 2. The van der Waals surface area contributed by atoms with Crippen LogP contribution in [0.4, 0.5) is 17.6 Å². The molecule has 2 N–H and O–H groups in total. The number of halogens is 4. The molecule has 1 aromatic rings. The second-order valence-electron chi connectivity index (χ2n) is 3.04. The van der Waals surface area contributed by atoms with Gasteiger partial charge in [-0.2, -0.15) is 8.78 Å². The van der Waals surface area contributed by atoms with Gasteiger partial charge in [-0.3, -0.25) is 0 Å². The first kappa shape index (κ1) is 11.0. The Labute approximate surface area is 78.5 Å². The molecule has 0 spiro atoms. The normalized spacial score (nSPS) is 14.1. The quantitative estimate of drug-likeness (QED) is 0.740. The predicted octanol–water partition coefficient (Wildman–Crippen LogP) is 2.40. The average molecular weight is 207 g/mol. The van der Waals surface area contributed by atoms with E-state index in [0.29, 0.717) is 12.1 Å². The van der Waals surface area contributed by atoms with Crippen molar-refractivity contribution in [1.29, 1.82) is 0 Å². The molecule has 0 radical (unpaired) electrons. The van der Waals surface area contributed by atoms with E-state index in [4.69, 9.17) is 5.73 Å². The van der Waals surface area contributed by atoms with Gasteiger partial charge in [-0.25, -0.2) is 8.78 Å². The minimum atomic E-state index is -3.56. The Bertz CT molecular complexity index is 336. The molecule has 1 atom stereocenters. The van der Waals surface area contributed by atoms with Crippen molar-refractivity contribution in [3.05, 3.63) is 35.4 Å². The Kier molecular flexibility index (Phi) is 2.80. The lowest BCUT2D eigenvalue weighted by Crippen LogP contribution is -2.36. The molecule has 1 rings (SSSR count). The Morgan fingerprint density at radius 2 is 1.86 bits per heavy atom. The van der Waals surface area contributed by atoms with Gasteiger partial charge in [0.05, 0.1) is 11.6 Å². The van der Waals surface area contributed by atoms with Crippen molar-refractivity contribution in [2.24, 2.45) is 5.73 Å². The first-order valence-corrected chi connectivity index (χ1v) is 3.94. The van der Waals surface area contributed by atoms with Crippen molar-refractivity contribution >= 4 is 0 Å². The van der Waals surface area contributed by atoms with Crippen LogP contribution in [0.15, 0.2) is 18.2 Å². The van der Waals surface area contributed by atoms with Gasteiger partial charge in [-0.1, -0.05) is 0 Å². The fourth-order valence-electron chi connectivity index (χ4n) is 0.998. The topological polar surface area (TPSA) is 26.0 Å². The Morgan fingerprint density at radius 3 is 2.36 bits per heavy atom. The molecule has 0 fully saturated rings. The minimum Gasteiger partial charge on any atom is -0.323 e. The summed E-state index contributed by atoms with van der Waals surface area (Å²) in [6.45, 7) is 1.03. The molecule has 0 amide bonds. The maximum absolute atomic E-state index is 13.2. The van der Waals surface area contributed by atoms with Crippen molar-refractivity contribution in [1.82, 2.24) is 0 Å². The van der Waals surface area contributed by atoms with E-state index in [0.717, 1.165) is 13.0 Å². The molecule has 0 heterocycles. The van der Waals surface area contributed by atoms with Gasteiger partial charge in [0.2, 0.25) is 0 Å². The van der Waals surface area contributed by atoms with E-state index in [-0.39, 0.29) is 0 Å². The van der Waals surface area contributed by atoms with Crippen LogP contribution < -0.4 is 5.73 Å². The summed E-state index contributed by atoms with van der Waals surface area (Å²) in [6, 6.07) is 0.314. The number of alkyl halides is 2. The lowest BCUT2D eigenvalue weighted by atomic mass is 10.0. The molecule has 5 heteroatoms. The summed E-state index contributed by atoms with van der Waals surface area (Å²) in [5.41, 5.74) is 3.98. The summed E-state index contributed by atoms with van der Waals surface area (Å²) in [4.78, 5) is 0. The summed E-state index contributed by atoms with van der Waals surface area (Å²) >= 11 is 0. The third kappa shape index (κ3) is 1.87. The van der Waals surface area contributed by atoms with E-state index in [1.165, 1.54) is 0 Å². The van der Waals surface area contributed by atoms with Crippen LogP contribution in [0.3, 0.4) is 0 Å². The molecule has 14 heavy (non-hydrogen) atoms. The van der Waals surface area contributed by atoms with Crippen LogP contribution in [0.2, 0.25) is 0 Å². The van der Waals surface area contributed by atoms with Crippen LogP contribution >= 0.6 is 0 Å². The van der Waals surface area contributed by atoms with Crippen molar-refractivity contribution in [2.75, 3.05) is 0 Å². The highest BCUT2D eigenvalue weighted by Crippen LogP contribution is 2.32. The molecule has 0 aliphatic carbocycles. The summed E-state index contributed by atoms with van der Waals surface area (Å²) in [7, 11) is 0. The number of benzene rings is 1. The molecule has 78 valence electrons. The molecule has 0 aromatic heterocycles. The Balaban J connectivity index is 3.24. The summed E-state index contributed by atoms with van der Waals surface area (Å²) in [6.07, 6.45) is 0. The van der Waals surface area contributed by atoms with Crippen molar-refractivity contribution in [3.63, 3.8) is 0 Å². The maximum atomic E-state index is 13.2. The fourth-order valence-corrected chi connectivity index (χ4v) is 0.998. The Morgan fingerprint density at radius 1 is 1.29 bits per heavy atom. The van der Waals surface area contributed by atoms with Gasteiger partial charge in [0.25, 0.3) is 5.92 Å². The maximum Gasteiger partial charge on any atom is 0.290 e. The van der Waals surface area contributed by atoms with Crippen LogP contribution in [0, 0.1) is 11.6 Å². The lowest BCUT2D eigenvalue weighted by Gasteiger charge is -2.20. The van der Waals surface area contributed by atoms with Gasteiger partial charge in [0, 0.05) is 0 Å². The molecule has 0 saturated heterocycles. The highest BCUT2D eigenvalue weighted by atomic mass is 19.3. The summed E-state index contributed by atoms with van der Waals surface area (Å²) in [5.74, 6) is -5.64. The second kappa shape index (κ2) is 3.57. The van der Waals surface area contributed by atoms with Gasteiger partial charge >= 0.3 is 0 Å². The van der Waals surface area contributed by atoms with Crippen LogP contribution in [0.1, 0.15) is 12.5 Å². The zero-order valence-corrected chi connectivity index (χ0v) is 7.40. The first-order valence-electron chi connectivity index (χ1n) is 3.94. The number of hydrogen-bond acceptors (Lipinski definition) is 1. The van der Waals surface area contributed by atoms with Gasteiger partial charge in [0.15, 0.2) is 0 Å². The zero-order valence-electron chi connectivity index (χ0n) is 7.40. The molecule has 0 aliphatic rings. The van der Waals surface area contributed by atoms with Crippen LogP contribution in [-0.4, -0.2) is 6.04 Å².